The smallest absolute Gasteiger partial charge is 0.255 e. The van der Waals surface area contributed by atoms with E-state index < -0.39 is 0 Å². The number of hydrogen-bond donors (Lipinski definition) is 1. The van der Waals surface area contributed by atoms with Gasteiger partial charge in [-0.25, -0.2) is 0 Å². The third kappa shape index (κ3) is 5.67. The molecule has 0 bridgehead atoms. The Hall–Kier alpha value is -3.74. The third-order valence-electron chi connectivity index (χ3n) is 6.37. The number of nitrogens with one attached hydrogen (secondary N) is 1. The molecular weight excluding hydrogens is 436 g/mol. The highest BCUT2D eigenvalue weighted by atomic mass is 16.5. The van der Waals surface area contributed by atoms with Crippen LogP contribution >= 0.6 is 0 Å². The third-order valence-corrected chi connectivity index (χ3v) is 6.37. The van der Waals surface area contributed by atoms with Crippen LogP contribution in [0.15, 0.2) is 97.2 Å². The number of aromatic nitrogens is 2. The maximum atomic E-state index is 13.5. The molecule has 2 heterocycles. The summed E-state index contributed by atoms with van der Waals surface area (Å²) >= 11 is 0. The molecule has 0 saturated carbocycles. The first-order valence-corrected chi connectivity index (χ1v) is 12.1. The quantitative estimate of drug-likeness (QED) is 0.418. The number of amides is 1. The zero-order valence-corrected chi connectivity index (χ0v) is 19.7. The highest BCUT2D eigenvalue weighted by molar-refractivity contribution is 5.99. The first kappa shape index (κ1) is 23.0. The van der Waals surface area contributed by atoms with Crippen LogP contribution in [-0.4, -0.2) is 53.4 Å². The monoisotopic (exact) mass is 466 g/mol. The lowest BCUT2D eigenvalue weighted by atomic mass is 10.0. The molecule has 178 valence electrons. The molecule has 1 N–H and O–H groups in total. The number of ether oxygens (including phenoxy) is 1. The predicted octanol–water partition coefficient (Wildman–Crippen LogP) is 4.40. The highest BCUT2D eigenvalue weighted by Crippen LogP contribution is 2.24. The summed E-state index contributed by atoms with van der Waals surface area (Å²) in [4.78, 5) is 15.9. The van der Waals surface area contributed by atoms with Crippen molar-refractivity contribution in [1.82, 2.24) is 20.0 Å². The molecule has 0 aliphatic carbocycles. The minimum atomic E-state index is -0.114. The van der Waals surface area contributed by atoms with Gasteiger partial charge in [0.25, 0.3) is 5.91 Å². The van der Waals surface area contributed by atoms with Crippen molar-refractivity contribution in [3.05, 3.63) is 114 Å². The molecule has 1 aromatic heterocycles. The van der Waals surface area contributed by atoms with Gasteiger partial charge in [-0.05, 0) is 11.1 Å². The van der Waals surface area contributed by atoms with Gasteiger partial charge < -0.3 is 10.1 Å². The molecule has 1 unspecified atom stereocenters. The van der Waals surface area contributed by atoms with Gasteiger partial charge in [-0.2, -0.15) is 5.10 Å². The van der Waals surface area contributed by atoms with Crippen molar-refractivity contribution in [3.8, 4) is 11.3 Å². The molecule has 1 fully saturated rings. The topological polar surface area (TPSA) is 59.4 Å². The van der Waals surface area contributed by atoms with Gasteiger partial charge in [0.2, 0.25) is 0 Å². The van der Waals surface area contributed by atoms with Gasteiger partial charge in [0.15, 0.2) is 0 Å². The minimum absolute atomic E-state index is 0.0867. The van der Waals surface area contributed by atoms with Crippen molar-refractivity contribution in [2.24, 2.45) is 0 Å². The molecule has 1 amide bonds. The standard InChI is InChI=1S/C29H30N4O2/c34-29(30-20-27(24-12-6-2-7-13-24)32-16-18-35-19-17-32)26-22-33(21-23-10-4-1-5-11-23)31-28(26)25-14-8-3-9-15-25/h1-15,22,27H,16-21H2,(H,30,34). The zero-order valence-electron chi connectivity index (χ0n) is 19.7. The summed E-state index contributed by atoms with van der Waals surface area (Å²) < 4.78 is 7.41. The Morgan fingerprint density at radius 3 is 2.20 bits per heavy atom. The number of carbonyl (C=O) groups excluding carboxylic acids is 1. The largest absolute Gasteiger partial charge is 0.379 e. The van der Waals surface area contributed by atoms with Crippen molar-refractivity contribution >= 4 is 5.91 Å². The summed E-state index contributed by atoms with van der Waals surface area (Å²) in [6.07, 6.45) is 1.86. The van der Waals surface area contributed by atoms with Gasteiger partial charge in [-0.1, -0.05) is 91.0 Å². The van der Waals surface area contributed by atoms with E-state index in [1.54, 1.807) is 0 Å². The maximum absolute atomic E-state index is 13.5. The van der Waals surface area contributed by atoms with E-state index in [9.17, 15) is 4.79 Å². The van der Waals surface area contributed by atoms with Crippen LogP contribution in [0.4, 0.5) is 0 Å². The maximum Gasteiger partial charge on any atom is 0.255 e. The fraction of sp³-hybridized carbons (Fsp3) is 0.241. The number of carbonyl (C=O) groups is 1. The summed E-state index contributed by atoms with van der Waals surface area (Å²) in [7, 11) is 0. The molecule has 0 spiro atoms. The van der Waals surface area contributed by atoms with Crippen LogP contribution in [0.25, 0.3) is 11.3 Å². The SMILES string of the molecule is O=C(NCC(c1ccccc1)N1CCOCC1)c1cn(Cc2ccccc2)nc1-c1ccccc1. The van der Waals surface area contributed by atoms with Gasteiger partial charge in [-0.15, -0.1) is 0 Å². The van der Waals surface area contributed by atoms with E-state index in [4.69, 9.17) is 9.84 Å². The second-order valence-corrected chi connectivity index (χ2v) is 8.73. The molecule has 1 aliphatic rings. The van der Waals surface area contributed by atoms with Crippen molar-refractivity contribution in [3.63, 3.8) is 0 Å². The van der Waals surface area contributed by atoms with E-state index in [2.05, 4.69) is 34.5 Å². The Morgan fingerprint density at radius 2 is 1.51 bits per heavy atom. The van der Waals surface area contributed by atoms with Crippen LogP contribution in [-0.2, 0) is 11.3 Å². The van der Waals surface area contributed by atoms with E-state index >= 15 is 0 Å². The molecule has 6 heteroatoms. The molecular formula is C29H30N4O2. The average Bonchev–Trinajstić information content (AvgIpc) is 3.35. The van der Waals surface area contributed by atoms with E-state index in [-0.39, 0.29) is 11.9 Å². The Bertz CT molecular complexity index is 1220. The normalized spacial score (nSPS) is 15.0. The van der Waals surface area contributed by atoms with Crippen LogP contribution in [0, 0.1) is 0 Å². The molecule has 5 rings (SSSR count). The molecule has 1 aliphatic heterocycles. The van der Waals surface area contributed by atoms with Gasteiger partial charge in [0.1, 0.15) is 5.69 Å². The van der Waals surface area contributed by atoms with Gasteiger partial charge in [0, 0.05) is 31.4 Å². The van der Waals surface area contributed by atoms with Crippen molar-refractivity contribution in [2.75, 3.05) is 32.8 Å². The zero-order chi connectivity index (χ0) is 23.9. The lowest BCUT2D eigenvalue weighted by Gasteiger charge is -2.34. The Balaban J connectivity index is 1.39. The second kappa shape index (κ2) is 11.1. The predicted molar refractivity (Wildman–Crippen MR) is 137 cm³/mol. The van der Waals surface area contributed by atoms with Crippen molar-refractivity contribution in [1.29, 1.82) is 0 Å². The fourth-order valence-corrected chi connectivity index (χ4v) is 4.55. The number of rotatable bonds is 8. The van der Waals surface area contributed by atoms with E-state index in [1.807, 2.05) is 77.6 Å². The summed E-state index contributed by atoms with van der Waals surface area (Å²) in [5, 5.41) is 8.01. The number of morpholine rings is 1. The molecule has 6 nitrogen and oxygen atoms in total. The Kier molecular flexibility index (Phi) is 7.32. The molecule has 3 aromatic carbocycles. The van der Waals surface area contributed by atoms with E-state index in [0.29, 0.717) is 37.6 Å². The molecule has 1 saturated heterocycles. The second-order valence-electron chi connectivity index (χ2n) is 8.73. The van der Waals surface area contributed by atoms with E-state index in [1.165, 1.54) is 5.56 Å². The lowest BCUT2D eigenvalue weighted by Crippen LogP contribution is -2.43. The van der Waals surface area contributed by atoms with Crippen LogP contribution in [0.3, 0.4) is 0 Å². The lowest BCUT2D eigenvalue weighted by molar-refractivity contribution is 0.0162. The number of benzene rings is 3. The molecule has 0 radical (unpaired) electrons. The first-order valence-electron chi connectivity index (χ1n) is 12.1. The molecule has 4 aromatic rings. The highest BCUT2D eigenvalue weighted by Gasteiger charge is 2.25. The first-order chi connectivity index (χ1) is 17.3. The van der Waals surface area contributed by atoms with Crippen LogP contribution < -0.4 is 5.32 Å². The fourth-order valence-electron chi connectivity index (χ4n) is 4.55. The van der Waals surface area contributed by atoms with Crippen LogP contribution in [0.1, 0.15) is 27.5 Å². The average molecular weight is 467 g/mol. The molecule has 35 heavy (non-hydrogen) atoms. The summed E-state index contributed by atoms with van der Waals surface area (Å²) in [6.45, 7) is 4.23. The van der Waals surface area contributed by atoms with Crippen molar-refractivity contribution < 1.29 is 9.53 Å². The summed E-state index contributed by atoms with van der Waals surface area (Å²) in [5.74, 6) is -0.114. The number of nitrogens with zero attached hydrogens (tertiary/aromatic N) is 3. The Labute approximate surface area is 206 Å². The number of hydrogen-bond acceptors (Lipinski definition) is 4. The molecule has 1 atom stereocenters. The Morgan fingerprint density at radius 1 is 0.886 bits per heavy atom. The summed E-state index contributed by atoms with van der Waals surface area (Å²) in [5.41, 5.74) is 4.54. The van der Waals surface area contributed by atoms with Crippen LogP contribution in [0.5, 0.6) is 0 Å². The van der Waals surface area contributed by atoms with Crippen LogP contribution in [0.2, 0.25) is 0 Å². The minimum Gasteiger partial charge on any atom is -0.379 e. The van der Waals surface area contributed by atoms with E-state index in [0.717, 1.165) is 24.2 Å². The van der Waals surface area contributed by atoms with Gasteiger partial charge in [0.05, 0.1) is 31.4 Å². The van der Waals surface area contributed by atoms with Gasteiger partial charge >= 0.3 is 0 Å². The van der Waals surface area contributed by atoms with Gasteiger partial charge in [-0.3, -0.25) is 14.4 Å². The van der Waals surface area contributed by atoms with Crippen molar-refractivity contribution in [2.45, 2.75) is 12.6 Å². The summed E-state index contributed by atoms with van der Waals surface area (Å²) in [6, 6.07) is 30.5.